The summed E-state index contributed by atoms with van der Waals surface area (Å²) in [6.45, 7) is 1.65. The average molecular weight is 489 g/mol. The largest absolute Gasteiger partial charge is 0.490 e. The topological polar surface area (TPSA) is 58.6 Å². The van der Waals surface area contributed by atoms with Gasteiger partial charge in [0.05, 0.1) is 18.2 Å². The van der Waals surface area contributed by atoms with Gasteiger partial charge in [0.2, 0.25) is 0 Å². The number of carbonyl (C=O) groups excluding carboxylic acids is 2. The van der Waals surface area contributed by atoms with Gasteiger partial charge in [0, 0.05) is 24.6 Å². The molecule has 1 amide bonds. The number of Topliss-reactive ketones (excluding diaryl/α,β-unsaturated/α-hetero) is 1. The molecule has 1 saturated carbocycles. The Hall–Kier alpha value is -2.87. The standard InChI is InChI=1S/C27H31F3N2O3/c28-27(29,30)21-6-4-5-20(16-21)26(34)31-17-23(33)15-19-13-14-32(18-19)22-9-11-25(12-10-22)35-24-7-2-1-3-8-24/h1-8,16,19,22,25H,9-15,17-18H2,(H,31,34)/t19-,22?,25?/m0/s1. The van der Waals surface area contributed by atoms with E-state index in [0.29, 0.717) is 12.5 Å². The quantitative estimate of drug-likeness (QED) is 0.561. The van der Waals surface area contributed by atoms with E-state index in [9.17, 15) is 22.8 Å². The zero-order chi connectivity index (χ0) is 24.8. The molecular formula is C27H31F3N2O3. The third kappa shape index (κ3) is 7.07. The van der Waals surface area contributed by atoms with Crippen LogP contribution in [0.2, 0.25) is 0 Å². The highest BCUT2D eigenvalue weighted by Crippen LogP contribution is 2.31. The number of likely N-dealkylation sites (tertiary alicyclic amines) is 1. The Morgan fingerprint density at radius 3 is 2.43 bits per heavy atom. The molecule has 0 unspecified atom stereocenters. The van der Waals surface area contributed by atoms with Crippen LogP contribution in [0.15, 0.2) is 54.6 Å². The summed E-state index contributed by atoms with van der Waals surface area (Å²) in [5.41, 5.74) is -0.991. The van der Waals surface area contributed by atoms with E-state index in [1.165, 1.54) is 12.1 Å². The zero-order valence-corrected chi connectivity index (χ0v) is 19.6. The molecule has 0 aromatic heterocycles. The predicted molar refractivity (Wildman–Crippen MR) is 126 cm³/mol. The first kappa shape index (κ1) is 25.2. The number of ketones is 1. The van der Waals surface area contributed by atoms with Gasteiger partial charge in [0.25, 0.3) is 5.91 Å². The summed E-state index contributed by atoms with van der Waals surface area (Å²) in [5.74, 6) is 0.381. The van der Waals surface area contributed by atoms with Crippen molar-refractivity contribution in [2.45, 2.75) is 56.8 Å². The SMILES string of the molecule is O=C(CNC(=O)c1cccc(C(F)(F)F)c1)C[C@@H]1CCN(C2CCC(Oc3ccccc3)CC2)C1. The Morgan fingerprint density at radius 1 is 0.971 bits per heavy atom. The first-order valence-electron chi connectivity index (χ1n) is 12.2. The number of halogens is 3. The second-order valence-electron chi connectivity index (χ2n) is 9.52. The minimum absolute atomic E-state index is 0.0999. The highest BCUT2D eigenvalue weighted by Gasteiger charge is 2.33. The van der Waals surface area contributed by atoms with Crippen molar-refractivity contribution in [3.8, 4) is 5.75 Å². The minimum atomic E-state index is -4.52. The van der Waals surface area contributed by atoms with E-state index in [4.69, 9.17) is 4.74 Å². The van der Waals surface area contributed by atoms with Crippen molar-refractivity contribution in [3.63, 3.8) is 0 Å². The van der Waals surface area contributed by atoms with Crippen LogP contribution < -0.4 is 10.1 Å². The van der Waals surface area contributed by atoms with Crippen molar-refractivity contribution in [2.75, 3.05) is 19.6 Å². The molecule has 2 aliphatic rings. The molecule has 2 aromatic carbocycles. The summed E-state index contributed by atoms with van der Waals surface area (Å²) in [6, 6.07) is 14.6. The molecule has 2 fully saturated rings. The van der Waals surface area contributed by atoms with E-state index in [0.717, 1.165) is 63.1 Å². The fraction of sp³-hybridized carbons (Fsp3) is 0.481. The molecule has 8 heteroatoms. The fourth-order valence-corrected chi connectivity index (χ4v) is 5.09. The maximum atomic E-state index is 12.9. The van der Waals surface area contributed by atoms with Crippen LogP contribution in [0.4, 0.5) is 13.2 Å². The summed E-state index contributed by atoms with van der Waals surface area (Å²) in [6.07, 6.45) is 1.21. The number of nitrogens with zero attached hydrogens (tertiary/aromatic N) is 1. The molecule has 0 radical (unpaired) electrons. The van der Waals surface area contributed by atoms with Crippen molar-refractivity contribution in [1.29, 1.82) is 0 Å². The normalized spacial score (nSPS) is 23.1. The van der Waals surface area contributed by atoms with E-state index in [-0.39, 0.29) is 29.9 Å². The molecule has 188 valence electrons. The van der Waals surface area contributed by atoms with E-state index in [1.807, 2.05) is 30.3 Å². The molecule has 2 aromatic rings. The summed E-state index contributed by atoms with van der Waals surface area (Å²) in [5, 5.41) is 2.47. The van der Waals surface area contributed by atoms with Crippen molar-refractivity contribution in [3.05, 3.63) is 65.7 Å². The second-order valence-corrected chi connectivity index (χ2v) is 9.52. The lowest BCUT2D eigenvalue weighted by Gasteiger charge is -2.34. The molecule has 1 N–H and O–H groups in total. The van der Waals surface area contributed by atoms with Gasteiger partial charge in [-0.3, -0.25) is 9.59 Å². The van der Waals surface area contributed by atoms with E-state index in [2.05, 4.69) is 10.2 Å². The number of hydrogen-bond acceptors (Lipinski definition) is 4. The highest BCUT2D eigenvalue weighted by atomic mass is 19.4. The van der Waals surface area contributed by atoms with Crippen LogP contribution in [-0.2, 0) is 11.0 Å². The molecule has 1 saturated heterocycles. The molecule has 4 rings (SSSR count). The number of hydrogen-bond donors (Lipinski definition) is 1. The molecule has 1 atom stereocenters. The van der Waals surface area contributed by atoms with Gasteiger partial charge in [-0.15, -0.1) is 0 Å². The highest BCUT2D eigenvalue weighted by molar-refractivity contribution is 5.96. The number of benzene rings is 2. The van der Waals surface area contributed by atoms with Crippen LogP contribution >= 0.6 is 0 Å². The van der Waals surface area contributed by atoms with E-state index < -0.39 is 17.6 Å². The molecule has 35 heavy (non-hydrogen) atoms. The van der Waals surface area contributed by atoms with E-state index in [1.54, 1.807) is 0 Å². The van der Waals surface area contributed by atoms with Gasteiger partial charge in [0.15, 0.2) is 5.78 Å². The zero-order valence-electron chi connectivity index (χ0n) is 19.6. The number of nitrogens with one attached hydrogen (secondary N) is 1. The summed E-state index contributed by atoms with van der Waals surface area (Å²) >= 11 is 0. The van der Waals surface area contributed by atoms with Crippen LogP contribution in [0.3, 0.4) is 0 Å². The summed E-state index contributed by atoms with van der Waals surface area (Å²) < 4.78 is 44.6. The number of para-hydroxylation sites is 1. The van der Waals surface area contributed by atoms with Crippen molar-refractivity contribution >= 4 is 11.7 Å². The Labute approximate surface area is 203 Å². The van der Waals surface area contributed by atoms with Crippen molar-refractivity contribution < 1.29 is 27.5 Å². The maximum Gasteiger partial charge on any atom is 0.416 e. The number of amides is 1. The Kier molecular flexibility index (Phi) is 8.11. The smallest absolute Gasteiger partial charge is 0.416 e. The molecule has 1 heterocycles. The van der Waals surface area contributed by atoms with Gasteiger partial charge in [-0.1, -0.05) is 24.3 Å². The second kappa shape index (κ2) is 11.2. The van der Waals surface area contributed by atoms with Gasteiger partial charge in [0.1, 0.15) is 5.75 Å². The monoisotopic (exact) mass is 488 g/mol. The van der Waals surface area contributed by atoms with Gasteiger partial charge in [-0.2, -0.15) is 13.2 Å². The molecule has 0 bridgehead atoms. The van der Waals surface area contributed by atoms with Crippen LogP contribution in [0.5, 0.6) is 5.75 Å². The summed E-state index contributed by atoms with van der Waals surface area (Å²) in [4.78, 5) is 27.1. The Morgan fingerprint density at radius 2 is 1.71 bits per heavy atom. The molecule has 1 aliphatic heterocycles. The number of alkyl halides is 3. The van der Waals surface area contributed by atoms with Crippen molar-refractivity contribution in [2.24, 2.45) is 5.92 Å². The Balaban J connectivity index is 1.17. The number of carbonyl (C=O) groups is 2. The fourth-order valence-electron chi connectivity index (χ4n) is 5.09. The Bertz CT molecular complexity index is 1000. The lowest BCUT2D eigenvalue weighted by atomic mass is 9.92. The number of rotatable bonds is 8. The third-order valence-electron chi connectivity index (χ3n) is 6.94. The van der Waals surface area contributed by atoms with Gasteiger partial charge in [-0.05, 0) is 74.9 Å². The average Bonchev–Trinajstić information content (AvgIpc) is 3.31. The minimum Gasteiger partial charge on any atom is -0.490 e. The lowest BCUT2D eigenvalue weighted by Crippen LogP contribution is -2.39. The van der Waals surface area contributed by atoms with E-state index >= 15 is 0 Å². The van der Waals surface area contributed by atoms with Gasteiger partial charge >= 0.3 is 6.18 Å². The third-order valence-corrected chi connectivity index (χ3v) is 6.94. The lowest BCUT2D eigenvalue weighted by molar-refractivity contribution is -0.137. The molecular weight excluding hydrogens is 457 g/mol. The van der Waals surface area contributed by atoms with Crippen molar-refractivity contribution in [1.82, 2.24) is 10.2 Å². The first-order chi connectivity index (χ1) is 16.8. The first-order valence-corrected chi connectivity index (χ1v) is 12.2. The molecule has 0 spiro atoms. The maximum absolute atomic E-state index is 12.9. The van der Waals surface area contributed by atoms with Crippen LogP contribution in [0.25, 0.3) is 0 Å². The molecule has 5 nitrogen and oxygen atoms in total. The predicted octanol–water partition coefficient (Wildman–Crippen LogP) is 5.11. The van der Waals surface area contributed by atoms with Gasteiger partial charge in [-0.25, -0.2) is 0 Å². The van der Waals surface area contributed by atoms with Crippen LogP contribution in [0.1, 0.15) is 54.4 Å². The molecule has 1 aliphatic carbocycles. The van der Waals surface area contributed by atoms with Gasteiger partial charge < -0.3 is 15.0 Å². The number of ether oxygens (including phenoxy) is 1. The van der Waals surface area contributed by atoms with Crippen LogP contribution in [-0.4, -0.2) is 48.4 Å². The summed E-state index contributed by atoms with van der Waals surface area (Å²) in [7, 11) is 0. The van der Waals surface area contributed by atoms with Crippen LogP contribution in [0, 0.1) is 5.92 Å².